The maximum atomic E-state index is 6.14. The molecule has 1 aliphatic heterocycles. The molecule has 30 heavy (non-hydrogen) atoms. The van der Waals surface area contributed by atoms with Crippen LogP contribution in [0.5, 0.6) is 5.75 Å². The van der Waals surface area contributed by atoms with Crippen molar-refractivity contribution in [2.24, 2.45) is 7.05 Å². The number of hydrogen-bond donors (Lipinski definition) is 1. The summed E-state index contributed by atoms with van der Waals surface area (Å²) in [4.78, 5) is 6.80. The number of aryl methyl sites for hydroxylation is 1. The summed E-state index contributed by atoms with van der Waals surface area (Å²) in [6.45, 7) is 0. The third-order valence-electron chi connectivity index (χ3n) is 6.01. The molecular formula is C24H26N4OS. The lowest BCUT2D eigenvalue weighted by Crippen LogP contribution is -2.29. The van der Waals surface area contributed by atoms with Crippen molar-refractivity contribution in [3.05, 3.63) is 78.4 Å². The first-order chi connectivity index (χ1) is 14.7. The third-order valence-corrected chi connectivity index (χ3v) is 6.33. The lowest BCUT2D eigenvalue weighted by molar-refractivity contribution is 0.210. The van der Waals surface area contributed by atoms with Gasteiger partial charge in [-0.1, -0.05) is 6.07 Å². The van der Waals surface area contributed by atoms with Crippen LogP contribution in [0.1, 0.15) is 49.0 Å². The number of anilines is 1. The zero-order valence-electron chi connectivity index (χ0n) is 17.1. The van der Waals surface area contributed by atoms with E-state index in [1.807, 2.05) is 25.4 Å². The maximum absolute atomic E-state index is 6.14. The largest absolute Gasteiger partial charge is 0.490 e. The van der Waals surface area contributed by atoms with Gasteiger partial charge in [0.1, 0.15) is 5.75 Å². The maximum Gasteiger partial charge on any atom is 0.174 e. The van der Waals surface area contributed by atoms with Gasteiger partial charge >= 0.3 is 0 Å². The van der Waals surface area contributed by atoms with Crippen LogP contribution in [0.15, 0.2) is 67.1 Å². The van der Waals surface area contributed by atoms with Gasteiger partial charge < -0.3 is 19.5 Å². The van der Waals surface area contributed by atoms with Crippen molar-refractivity contribution in [2.75, 3.05) is 4.90 Å². The van der Waals surface area contributed by atoms with Crippen molar-refractivity contribution in [2.45, 2.75) is 43.9 Å². The summed E-state index contributed by atoms with van der Waals surface area (Å²) >= 11 is 5.78. The summed E-state index contributed by atoms with van der Waals surface area (Å²) in [6, 6.07) is 16.5. The van der Waals surface area contributed by atoms with Gasteiger partial charge in [-0.3, -0.25) is 4.98 Å². The SMILES string of the molecule is Cn1ccc([C@@H]2[C@H](c3ccccn3)NC(=S)N2c2ccc(OC3CCCC3)cc2)c1. The second-order valence-electron chi connectivity index (χ2n) is 8.13. The normalized spacial score (nSPS) is 21.8. The van der Waals surface area contributed by atoms with Crippen molar-refractivity contribution in [3.8, 4) is 5.75 Å². The summed E-state index contributed by atoms with van der Waals surface area (Å²) in [5.74, 6) is 0.932. The smallest absolute Gasteiger partial charge is 0.174 e. The number of hydrogen-bond acceptors (Lipinski definition) is 3. The minimum atomic E-state index is -0.0180. The Bertz CT molecular complexity index is 1010. The Morgan fingerprint density at radius 3 is 2.53 bits per heavy atom. The number of thiocarbonyl (C=S) groups is 1. The molecule has 1 aliphatic carbocycles. The topological polar surface area (TPSA) is 42.3 Å². The van der Waals surface area contributed by atoms with E-state index in [4.69, 9.17) is 17.0 Å². The molecule has 3 heterocycles. The van der Waals surface area contributed by atoms with Crippen molar-refractivity contribution in [1.29, 1.82) is 0 Å². The van der Waals surface area contributed by atoms with Crippen LogP contribution in [0.3, 0.4) is 0 Å². The fourth-order valence-electron chi connectivity index (χ4n) is 4.56. The quantitative estimate of drug-likeness (QED) is 0.596. The molecule has 1 saturated carbocycles. The van der Waals surface area contributed by atoms with Gasteiger partial charge in [-0.15, -0.1) is 0 Å². The standard InChI is InChI=1S/C24H26N4OS/c1-27-15-13-17(16-27)23-22(21-8-4-5-14-25-21)26-24(30)28(23)18-9-11-20(12-10-18)29-19-6-2-3-7-19/h4-5,8-16,19,22-23H,2-3,6-7H2,1H3,(H,26,30)/t22-,23+/m0/s1. The van der Waals surface area contributed by atoms with Crippen LogP contribution in [-0.4, -0.2) is 20.8 Å². The summed E-state index contributed by atoms with van der Waals surface area (Å²) in [6.07, 6.45) is 11.3. The summed E-state index contributed by atoms with van der Waals surface area (Å²) in [7, 11) is 2.04. The Balaban J connectivity index is 1.46. The second kappa shape index (κ2) is 8.11. The lowest BCUT2D eigenvalue weighted by atomic mass is 9.98. The van der Waals surface area contributed by atoms with Crippen LogP contribution in [-0.2, 0) is 7.05 Å². The van der Waals surface area contributed by atoms with Crippen LogP contribution in [0, 0.1) is 0 Å². The highest BCUT2D eigenvalue weighted by Crippen LogP contribution is 2.41. The van der Waals surface area contributed by atoms with Crippen LogP contribution in [0.2, 0.25) is 0 Å². The minimum Gasteiger partial charge on any atom is -0.490 e. The van der Waals surface area contributed by atoms with Crippen LogP contribution in [0.4, 0.5) is 5.69 Å². The molecule has 2 atom stereocenters. The fourth-order valence-corrected chi connectivity index (χ4v) is 4.90. The van der Waals surface area contributed by atoms with E-state index in [0.29, 0.717) is 11.2 Å². The Kier molecular flexibility index (Phi) is 5.17. The van der Waals surface area contributed by atoms with E-state index in [-0.39, 0.29) is 12.1 Å². The van der Waals surface area contributed by atoms with Gasteiger partial charge in [-0.2, -0.15) is 0 Å². The van der Waals surface area contributed by atoms with E-state index >= 15 is 0 Å². The molecule has 1 saturated heterocycles. The van der Waals surface area contributed by atoms with Gasteiger partial charge in [0, 0.05) is 31.3 Å². The number of nitrogens with zero attached hydrogens (tertiary/aromatic N) is 3. The molecule has 1 N–H and O–H groups in total. The average Bonchev–Trinajstić information content (AvgIpc) is 3.50. The summed E-state index contributed by atoms with van der Waals surface area (Å²) in [5.41, 5.74) is 3.24. The molecule has 2 fully saturated rings. The number of pyridine rings is 1. The molecule has 0 amide bonds. The monoisotopic (exact) mass is 418 g/mol. The molecule has 2 aromatic heterocycles. The van der Waals surface area contributed by atoms with Crippen LogP contribution in [0.25, 0.3) is 0 Å². The van der Waals surface area contributed by atoms with E-state index in [1.54, 1.807) is 0 Å². The summed E-state index contributed by atoms with van der Waals surface area (Å²) < 4.78 is 8.22. The number of rotatable bonds is 5. The molecule has 1 aromatic carbocycles. The Labute approximate surface area is 182 Å². The average molecular weight is 419 g/mol. The van der Waals surface area contributed by atoms with Gasteiger partial charge in [0.15, 0.2) is 5.11 Å². The molecule has 154 valence electrons. The van der Waals surface area contributed by atoms with Gasteiger partial charge in [0.2, 0.25) is 0 Å². The molecule has 0 unspecified atom stereocenters. The molecular weight excluding hydrogens is 392 g/mol. The van der Waals surface area contributed by atoms with E-state index in [9.17, 15) is 0 Å². The van der Waals surface area contributed by atoms with E-state index in [1.165, 1.54) is 18.4 Å². The first kappa shape index (κ1) is 19.1. The number of benzene rings is 1. The van der Waals surface area contributed by atoms with Gasteiger partial charge in [-0.25, -0.2) is 0 Å². The van der Waals surface area contributed by atoms with Crippen molar-refractivity contribution in [3.63, 3.8) is 0 Å². The number of nitrogens with one attached hydrogen (secondary N) is 1. The highest BCUT2D eigenvalue weighted by Gasteiger charge is 2.41. The van der Waals surface area contributed by atoms with Crippen molar-refractivity contribution in [1.82, 2.24) is 14.9 Å². The Morgan fingerprint density at radius 1 is 1.07 bits per heavy atom. The summed E-state index contributed by atoms with van der Waals surface area (Å²) in [5, 5.41) is 4.22. The highest BCUT2D eigenvalue weighted by atomic mass is 32.1. The Morgan fingerprint density at radius 2 is 1.87 bits per heavy atom. The fraction of sp³-hybridized carbons (Fsp3) is 0.333. The van der Waals surface area contributed by atoms with Crippen molar-refractivity contribution >= 4 is 23.0 Å². The van der Waals surface area contributed by atoms with E-state index in [2.05, 4.69) is 68.6 Å². The minimum absolute atomic E-state index is 0.0180. The molecule has 2 aliphatic rings. The molecule has 3 aromatic rings. The van der Waals surface area contributed by atoms with Gasteiger partial charge in [-0.05, 0) is 85.9 Å². The highest BCUT2D eigenvalue weighted by molar-refractivity contribution is 7.80. The second-order valence-corrected chi connectivity index (χ2v) is 8.51. The first-order valence-corrected chi connectivity index (χ1v) is 11.0. The first-order valence-electron chi connectivity index (χ1n) is 10.6. The van der Waals surface area contributed by atoms with Crippen LogP contribution >= 0.6 is 12.2 Å². The van der Waals surface area contributed by atoms with Gasteiger partial charge in [0.25, 0.3) is 0 Å². The van der Waals surface area contributed by atoms with Crippen molar-refractivity contribution < 1.29 is 4.74 Å². The van der Waals surface area contributed by atoms with E-state index in [0.717, 1.165) is 30.0 Å². The van der Waals surface area contributed by atoms with Gasteiger partial charge in [0.05, 0.1) is 23.9 Å². The number of aromatic nitrogens is 2. The van der Waals surface area contributed by atoms with E-state index < -0.39 is 0 Å². The lowest BCUT2D eigenvalue weighted by Gasteiger charge is -2.27. The molecule has 0 bridgehead atoms. The molecule has 0 radical (unpaired) electrons. The Hall–Kier alpha value is -2.86. The molecule has 5 rings (SSSR count). The predicted molar refractivity (Wildman–Crippen MR) is 123 cm³/mol. The predicted octanol–water partition coefficient (Wildman–Crippen LogP) is 4.92. The van der Waals surface area contributed by atoms with Crippen LogP contribution < -0.4 is 15.0 Å². The third kappa shape index (κ3) is 3.67. The molecule has 5 nitrogen and oxygen atoms in total. The molecule has 6 heteroatoms. The zero-order chi connectivity index (χ0) is 20.5. The number of ether oxygens (including phenoxy) is 1. The zero-order valence-corrected chi connectivity index (χ0v) is 17.9. The molecule has 0 spiro atoms.